The van der Waals surface area contributed by atoms with Crippen molar-refractivity contribution in [1.82, 2.24) is 14.7 Å². The quantitative estimate of drug-likeness (QED) is 0.810. The van der Waals surface area contributed by atoms with Crippen LogP contribution >= 0.6 is 0 Å². The maximum atomic E-state index is 6.22. The Hall–Kier alpha value is -0.160. The van der Waals surface area contributed by atoms with Crippen molar-refractivity contribution < 1.29 is 0 Å². The van der Waals surface area contributed by atoms with E-state index in [1.54, 1.807) is 0 Å². The summed E-state index contributed by atoms with van der Waals surface area (Å²) in [6.45, 7) is 11.5. The molecule has 1 unspecified atom stereocenters. The zero-order chi connectivity index (χ0) is 13.7. The Kier molecular flexibility index (Phi) is 3.41. The molecule has 1 aliphatic carbocycles. The minimum absolute atomic E-state index is 0.251. The molecule has 0 radical (unpaired) electrons. The molecular formula is C15H30N4. The van der Waals surface area contributed by atoms with Crippen LogP contribution in [0.2, 0.25) is 0 Å². The molecule has 0 bridgehead atoms. The van der Waals surface area contributed by atoms with Crippen molar-refractivity contribution in [2.45, 2.75) is 50.2 Å². The third kappa shape index (κ3) is 2.44. The van der Waals surface area contributed by atoms with Crippen LogP contribution < -0.4 is 5.73 Å². The molecule has 2 saturated heterocycles. The number of rotatable bonds is 3. The van der Waals surface area contributed by atoms with Crippen LogP contribution in [-0.4, -0.2) is 78.1 Å². The standard InChI is InChI=1S/C15H30N4/c1-14(2)11-19(9-8-17(14)3)15(10-16)6-7-18(12-15)13-4-5-13/h13H,4-12,16H2,1-3H3. The van der Waals surface area contributed by atoms with Gasteiger partial charge in [0, 0.05) is 56.4 Å². The Morgan fingerprint density at radius 2 is 1.84 bits per heavy atom. The van der Waals surface area contributed by atoms with Gasteiger partial charge in [-0.15, -0.1) is 0 Å². The summed E-state index contributed by atoms with van der Waals surface area (Å²) in [5.41, 5.74) is 6.75. The summed E-state index contributed by atoms with van der Waals surface area (Å²) in [6.07, 6.45) is 4.09. The summed E-state index contributed by atoms with van der Waals surface area (Å²) in [5.74, 6) is 0. The summed E-state index contributed by atoms with van der Waals surface area (Å²) in [6, 6.07) is 0.883. The van der Waals surface area contributed by atoms with E-state index in [0.29, 0.717) is 0 Å². The monoisotopic (exact) mass is 266 g/mol. The first-order valence-corrected chi connectivity index (χ1v) is 7.87. The average Bonchev–Trinajstić information content (AvgIpc) is 3.13. The van der Waals surface area contributed by atoms with E-state index >= 15 is 0 Å². The molecule has 3 aliphatic rings. The summed E-state index contributed by atoms with van der Waals surface area (Å²) in [4.78, 5) is 7.88. The van der Waals surface area contributed by atoms with Crippen LogP contribution in [0, 0.1) is 0 Å². The molecule has 4 heteroatoms. The molecule has 110 valence electrons. The third-order valence-electron chi connectivity index (χ3n) is 5.79. The second-order valence-electron chi connectivity index (χ2n) is 7.54. The van der Waals surface area contributed by atoms with Gasteiger partial charge in [-0.3, -0.25) is 14.7 Å². The Bertz CT molecular complexity index is 339. The molecule has 1 atom stereocenters. The van der Waals surface area contributed by atoms with Crippen LogP contribution in [0.4, 0.5) is 0 Å². The highest BCUT2D eigenvalue weighted by Crippen LogP contribution is 2.37. The van der Waals surface area contributed by atoms with E-state index in [9.17, 15) is 0 Å². The zero-order valence-corrected chi connectivity index (χ0v) is 12.9. The number of likely N-dealkylation sites (tertiary alicyclic amines) is 1. The molecule has 4 nitrogen and oxygen atoms in total. The first kappa shape index (κ1) is 13.8. The topological polar surface area (TPSA) is 35.7 Å². The minimum atomic E-state index is 0.251. The third-order valence-corrected chi connectivity index (χ3v) is 5.79. The van der Waals surface area contributed by atoms with E-state index in [4.69, 9.17) is 5.73 Å². The fraction of sp³-hybridized carbons (Fsp3) is 1.00. The predicted molar refractivity (Wildman–Crippen MR) is 79.3 cm³/mol. The van der Waals surface area contributed by atoms with Gasteiger partial charge < -0.3 is 5.73 Å². The number of nitrogens with two attached hydrogens (primary N) is 1. The van der Waals surface area contributed by atoms with Gasteiger partial charge in [0.1, 0.15) is 0 Å². The lowest BCUT2D eigenvalue weighted by Crippen LogP contribution is -2.66. The number of likely N-dealkylation sites (N-methyl/N-ethyl adjacent to an activating group) is 1. The highest BCUT2D eigenvalue weighted by molar-refractivity contribution is 5.06. The van der Waals surface area contributed by atoms with E-state index < -0.39 is 0 Å². The van der Waals surface area contributed by atoms with Crippen molar-refractivity contribution in [3.05, 3.63) is 0 Å². The predicted octanol–water partition coefficient (Wildman–Crippen LogP) is 0.578. The Morgan fingerprint density at radius 1 is 1.11 bits per heavy atom. The molecule has 19 heavy (non-hydrogen) atoms. The van der Waals surface area contributed by atoms with E-state index in [1.165, 1.54) is 38.9 Å². The average molecular weight is 266 g/mol. The molecular weight excluding hydrogens is 236 g/mol. The van der Waals surface area contributed by atoms with Crippen molar-refractivity contribution >= 4 is 0 Å². The molecule has 0 spiro atoms. The highest BCUT2D eigenvalue weighted by Gasteiger charge is 2.48. The van der Waals surface area contributed by atoms with Gasteiger partial charge in [-0.25, -0.2) is 0 Å². The van der Waals surface area contributed by atoms with Gasteiger partial charge in [-0.1, -0.05) is 0 Å². The van der Waals surface area contributed by atoms with Crippen molar-refractivity contribution in [1.29, 1.82) is 0 Å². The lowest BCUT2D eigenvalue weighted by molar-refractivity contribution is -0.0186. The van der Waals surface area contributed by atoms with Gasteiger partial charge in [0.15, 0.2) is 0 Å². The first-order valence-electron chi connectivity index (χ1n) is 7.87. The molecule has 3 rings (SSSR count). The second-order valence-corrected chi connectivity index (χ2v) is 7.54. The molecule has 3 fully saturated rings. The summed E-state index contributed by atoms with van der Waals surface area (Å²) in [5, 5.41) is 0. The van der Waals surface area contributed by atoms with Gasteiger partial charge in [0.25, 0.3) is 0 Å². The Morgan fingerprint density at radius 3 is 2.42 bits per heavy atom. The fourth-order valence-corrected chi connectivity index (χ4v) is 3.84. The summed E-state index contributed by atoms with van der Waals surface area (Å²) in [7, 11) is 2.25. The first-order chi connectivity index (χ1) is 8.97. The maximum Gasteiger partial charge on any atom is 0.0471 e. The van der Waals surface area contributed by atoms with Gasteiger partial charge in [-0.05, 0) is 40.2 Å². The lowest BCUT2D eigenvalue weighted by Gasteiger charge is -2.51. The maximum absolute atomic E-state index is 6.22. The summed E-state index contributed by atoms with van der Waals surface area (Å²) >= 11 is 0. The molecule has 0 amide bonds. The molecule has 0 aromatic heterocycles. The summed E-state index contributed by atoms with van der Waals surface area (Å²) < 4.78 is 0. The molecule has 0 aromatic rings. The van der Waals surface area contributed by atoms with Gasteiger partial charge in [0.05, 0.1) is 0 Å². The van der Waals surface area contributed by atoms with Crippen LogP contribution in [0.1, 0.15) is 33.1 Å². The zero-order valence-electron chi connectivity index (χ0n) is 12.9. The SMILES string of the molecule is CN1CCN(C2(CN)CCN(C3CC3)C2)CC1(C)C. The molecule has 2 N–H and O–H groups in total. The molecule has 2 aliphatic heterocycles. The van der Waals surface area contributed by atoms with E-state index in [2.05, 4.69) is 35.6 Å². The van der Waals surface area contributed by atoms with Crippen molar-refractivity contribution in [3.8, 4) is 0 Å². The van der Waals surface area contributed by atoms with E-state index in [0.717, 1.165) is 25.7 Å². The van der Waals surface area contributed by atoms with E-state index in [1.807, 2.05) is 0 Å². The van der Waals surface area contributed by atoms with Crippen LogP contribution in [0.25, 0.3) is 0 Å². The smallest absolute Gasteiger partial charge is 0.0471 e. The van der Waals surface area contributed by atoms with Gasteiger partial charge >= 0.3 is 0 Å². The fourth-order valence-electron chi connectivity index (χ4n) is 3.84. The molecule has 2 heterocycles. The Balaban J connectivity index is 1.72. The molecule has 1 saturated carbocycles. The second kappa shape index (κ2) is 4.69. The van der Waals surface area contributed by atoms with Crippen LogP contribution in [0.3, 0.4) is 0 Å². The highest BCUT2D eigenvalue weighted by atomic mass is 15.4. The van der Waals surface area contributed by atoms with E-state index in [-0.39, 0.29) is 11.1 Å². The molecule has 0 aromatic carbocycles. The van der Waals surface area contributed by atoms with Crippen molar-refractivity contribution in [3.63, 3.8) is 0 Å². The van der Waals surface area contributed by atoms with Gasteiger partial charge in [-0.2, -0.15) is 0 Å². The number of nitrogens with zero attached hydrogens (tertiary/aromatic N) is 3. The van der Waals surface area contributed by atoms with Gasteiger partial charge in [0.2, 0.25) is 0 Å². The largest absolute Gasteiger partial charge is 0.329 e. The van der Waals surface area contributed by atoms with Crippen LogP contribution in [0.15, 0.2) is 0 Å². The van der Waals surface area contributed by atoms with Crippen molar-refractivity contribution in [2.24, 2.45) is 5.73 Å². The van der Waals surface area contributed by atoms with Crippen LogP contribution in [0.5, 0.6) is 0 Å². The lowest BCUT2D eigenvalue weighted by atomic mass is 9.90. The number of hydrogen-bond donors (Lipinski definition) is 1. The number of hydrogen-bond acceptors (Lipinski definition) is 4. The Labute approximate surface area is 117 Å². The van der Waals surface area contributed by atoms with Crippen LogP contribution in [-0.2, 0) is 0 Å². The normalized spacial score (nSPS) is 37.9. The number of piperazine rings is 1. The van der Waals surface area contributed by atoms with Crippen molar-refractivity contribution in [2.75, 3.05) is 46.3 Å². The minimum Gasteiger partial charge on any atom is -0.329 e.